The molecule has 0 amide bonds. The smallest absolute Gasteiger partial charge is 0.0607 e. The van der Waals surface area contributed by atoms with Crippen LogP contribution in [0.15, 0.2) is 0 Å². The Hall–Kier alpha value is -0.0800. The third-order valence-electron chi connectivity index (χ3n) is 9.23. The second-order valence-corrected chi connectivity index (χ2v) is 12.4. The van der Waals surface area contributed by atoms with Crippen LogP contribution in [-0.4, -0.2) is 25.4 Å². The van der Waals surface area contributed by atoms with Crippen molar-refractivity contribution < 1.29 is 9.47 Å². The molecule has 0 aromatic rings. The van der Waals surface area contributed by atoms with Crippen LogP contribution in [-0.2, 0) is 9.47 Å². The van der Waals surface area contributed by atoms with Crippen molar-refractivity contribution in [2.24, 2.45) is 11.8 Å². The van der Waals surface area contributed by atoms with E-state index in [-0.39, 0.29) is 0 Å². The van der Waals surface area contributed by atoms with Crippen LogP contribution in [0.4, 0.5) is 0 Å². The molecule has 2 heteroatoms. The van der Waals surface area contributed by atoms with E-state index >= 15 is 0 Å². The highest BCUT2D eigenvalue weighted by Gasteiger charge is 2.41. The molecule has 2 aliphatic rings. The molecular formula is C34H66O2. The standard InChI is InChI=1S/C34H66O2/c1-3-5-7-9-11-13-15-17-19-23-29-35-33-27-28-34(32-26-22-21-25-31(32)33)36-30-24-20-18-16-14-12-10-8-6-4-2/h31-34H,3-30H2,1-2H3. The molecule has 4 atom stereocenters. The molecule has 0 bridgehead atoms. The van der Waals surface area contributed by atoms with E-state index in [1.165, 1.54) is 167 Å². The Kier molecular flexibility index (Phi) is 20.4. The van der Waals surface area contributed by atoms with Crippen LogP contribution >= 0.6 is 0 Å². The van der Waals surface area contributed by atoms with Gasteiger partial charge in [-0.15, -0.1) is 0 Å². The SMILES string of the molecule is CCCCCCCCCCCCOC1CCC(OCCCCCCCCCCCC)C2CCCCC12. The van der Waals surface area contributed by atoms with Gasteiger partial charge in [-0.1, -0.05) is 142 Å². The molecule has 0 spiro atoms. The first-order valence-corrected chi connectivity index (χ1v) is 17.1. The number of hydrogen-bond donors (Lipinski definition) is 0. The first-order chi connectivity index (χ1) is 17.9. The third kappa shape index (κ3) is 14.8. The van der Waals surface area contributed by atoms with Crippen LogP contribution in [0.25, 0.3) is 0 Å². The predicted molar refractivity (Wildman–Crippen MR) is 158 cm³/mol. The first-order valence-electron chi connectivity index (χ1n) is 17.1. The average molecular weight is 507 g/mol. The van der Waals surface area contributed by atoms with E-state index in [0.717, 1.165) is 25.0 Å². The summed E-state index contributed by atoms with van der Waals surface area (Å²) < 4.78 is 13.1. The summed E-state index contributed by atoms with van der Waals surface area (Å²) in [6, 6.07) is 0. The Morgan fingerprint density at radius 3 is 1.03 bits per heavy atom. The largest absolute Gasteiger partial charge is 0.378 e. The van der Waals surface area contributed by atoms with Crippen LogP contribution in [0.2, 0.25) is 0 Å². The Morgan fingerprint density at radius 2 is 0.694 bits per heavy atom. The van der Waals surface area contributed by atoms with Gasteiger partial charge in [0, 0.05) is 13.2 Å². The van der Waals surface area contributed by atoms with Crippen molar-refractivity contribution >= 4 is 0 Å². The molecular weight excluding hydrogens is 440 g/mol. The lowest BCUT2D eigenvalue weighted by molar-refractivity contribution is -0.114. The maximum Gasteiger partial charge on any atom is 0.0607 e. The highest BCUT2D eigenvalue weighted by Crippen LogP contribution is 2.43. The lowest BCUT2D eigenvalue weighted by atomic mass is 9.68. The molecule has 4 unspecified atom stereocenters. The fourth-order valence-corrected chi connectivity index (χ4v) is 6.93. The van der Waals surface area contributed by atoms with Gasteiger partial charge in [-0.25, -0.2) is 0 Å². The second kappa shape index (κ2) is 22.9. The fraction of sp³-hybridized carbons (Fsp3) is 1.00. The monoisotopic (exact) mass is 507 g/mol. The maximum absolute atomic E-state index is 6.53. The number of ether oxygens (including phenoxy) is 2. The lowest BCUT2D eigenvalue weighted by Gasteiger charge is -2.45. The molecule has 0 N–H and O–H groups in total. The predicted octanol–water partition coefficient (Wildman–Crippen LogP) is 11.2. The molecule has 0 heterocycles. The Labute approximate surface area is 227 Å². The van der Waals surface area contributed by atoms with Gasteiger partial charge in [0.05, 0.1) is 12.2 Å². The maximum atomic E-state index is 6.53. The molecule has 0 aliphatic heterocycles. The van der Waals surface area contributed by atoms with E-state index in [9.17, 15) is 0 Å². The Bertz CT molecular complexity index is 422. The Morgan fingerprint density at radius 1 is 0.389 bits per heavy atom. The summed E-state index contributed by atoms with van der Waals surface area (Å²) in [4.78, 5) is 0. The van der Waals surface area contributed by atoms with Crippen LogP contribution in [0.1, 0.15) is 181 Å². The second-order valence-electron chi connectivity index (χ2n) is 12.4. The third-order valence-corrected chi connectivity index (χ3v) is 9.23. The van der Waals surface area contributed by atoms with Gasteiger partial charge in [0.15, 0.2) is 0 Å². The van der Waals surface area contributed by atoms with Gasteiger partial charge in [-0.05, 0) is 50.4 Å². The number of unbranched alkanes of at least 4 members (excludes halogenated alkanes) is 18. The summed E-state index contributed by atoms with van der Waals surface area (Å²) in [5.41, 5.74) is 0. The van der Waals surface area contributed by atoms with E-state index in [0.29, 0.717) is 12.2 Å². The van der Waals surface area contributed by atoms with Crippen molar-refractivity contribution in [2.45, 2.75) is 193 Å². The average Bonchev–Trinajstić information content (AvgIpc) is 2.91. The minimum Gasteiger partial charge on any atom is -0.378 e. The zero-order valence-electron chi connectivity index (χ0n) is 24.9. The molecule has 0 saturated heterocycles. The summed E-state index contributed by atoms with van der Waals surface area (Å²) >= 11 is 0. The molecule has 2 saturated carbocycles. The van der Waals surface area contributed by atoms with E-state index in [4.69, 9.17) is 9.47 Å². The van der Waals surface area contributed by atoms with Gasteiger partial charge in [-0.3, -0.25) is 0 Å². The van der Waals surface area contributed by atoms with Crippen molar-refractivity contribution in [3.63, 3.8) is 0 Å². The minimum atomic E-state index is 0.519. The van der Waals surface area contributed by atoms with Gasteiger partial charge in [0.2, 0.25) is 0 Å². The molecule has 2 aliphatic carbocycles. The van der Waals surface area contributed by atoms with Gasteiger partial charge in [0.25, 0.3) is 0 Å². The molecule has 0 aromatic carbocycles. The van der Waals surface area contributed by atoms with Crippen LogP contribution in [0, 0.1) is 11.8 Å². The fourth-order valence-electron chi connectivity index (χ4n) is 6.93. The van der Waals surface area contributed by atoms with E-state index < -0.39 is 0 Å². The molecule has 36 heavy (non-hydrogen) atoms. The van der Waals surface area contributed by atoms with Crippen molar-refractivity contribution in [1.29, 1.82) is 0 Å². The van der Waals surface area contributed by atoms with Crippen molar-refractivity contribution in [3.05, 3.63) is 0 Å². The van der Waals surface area contributed by atoms with Crippen LogP contribution < -0.4 is 0 Å². The van der Waals surface area contributed by atoms with Crippen LogP contribution in [0.5, 0.6) is 0 Å². The normalized spacial score (nSPS) is 24.2. The van der Waals surface area contributed by atoms with Crippen LogP contribution in [0.3, 0.4) is 0 Å². The highest BCUT2D eigenvalue weighted by atomic mass is 16.5. The summed E-state index contributed by atoms with van der Waals surface area (Å²) in [5, 5.41) is 0. The number of fused-ring (bicyclic) bond motifs is 1. The van der Waals surface area contributed by atoms with E-state index in [2.05, 4.69) is 13.8 Å². The molecule has 0 radical (unpaired) electrons. The molecule has 214 valence electrons. The number of hydrogen-bond acceptors (Lipinski definition) is 2. The quantitative estimate of drug-likeness (QED) is 0.121. The zero-order chi connectivity index (χ0) is 25.5. The summed E-state index contributed by atoms with van der Waals surface area (Å²) in [6.07, 6.45) is 37.1. The van der Waals surface area contributed by atoms with E-state index in [1.54, 1.807) is 0 Å². The first kappa shape index (κ1) is 32.1. The lowest BCUT2D eigenvalue weighted by Crippen LogP contribution is -2.45. The summed E-state index contributed by atoms with van der Waals surface area (Å²) in [5.74, 6) is 1.54. The Balaban J connectivity index is 1.48. The van der Waals surface area contributed by atoms with E-state index in [1.807, 2.05) is 0 Å². The van der Waals surface area contributed by atoms with Gasteiger partial charge < -0.3 is 9.47 Å². The molecule has 2 nitrogen and oxygen atoms in total. The minimum absolute atomic E-state index is 0.519. The van der Waals surface area contributed by atoms with Gasteiger partial charge >= 0.3 is 0 Å². The summed E-state index contributed by atoms with van der Waals surface area (Å²) in [6.45, 7) is 6.59. The van der Waals surface area contributed by atoms with Gasteiger partial charge in [0.1, 0.15) is 0 Å². The molecule has 2 fully saturated rings. The van der Waals surface area contributed by atoms with Crippen molar-refractivity contribution in [3.8, 4) is 0 Å². The van der Waals surface area contributed by atoms with Crippen molar-refractivity contribution in [2.75, 3.05) is 13.2 Å². The summed E-state index contributed by atoms with van der Waals surface area (Å²) in [7, 11) is 0. The topological polar surface area (TPSA) is 18.5 Å². The zero-order valence-corrected chi connectivity index (χ0v) is 24.9. The highest BCUT2D eigenvalue weighted by molar-refractivity contribution is 4.91. The molecule has 0 aromatic heterocycles. The molecule has 2 rings (SSSR count). The van der Waals surface area contributed by atoms with Gasteiger partial charge in [-0.2, -0.15) is 0 Å². The number of rotatable bonds is 24. The van der Waals surface area contributed by atoms with Crippen molar-refractivity contribution in [1.82, 2.24) is 0 Å².